The topological polar surface area (TPSA) is 48.5 Å². The third kappa shape index (κ3) is 5.21. The number of benzene rings is 2. The molecule has 0 radical (unpaired) electrons. The highest BCUT2D eigenvalue weighted by Gasteiger charge is 2.22. The molecule has 8 heteroatoms. The van der Waals surface area contributed by atoms with Gasteiger partial charge in [0.2, 0.25) is 5.91 Å². The van der Waals surface area contributed by atoms with E-state index in [0.717, 1.165) is 40.3 Å². The molecule has 1 fully saturated rings. The van der Waals surface area contributed by atoms with Gasteiger partial charge in [-0.1, -0.05) is 29.3 Å². The highest BCUT2D eigenvalue weighted by Crippen LogP contribution is 2.24. The molecule has 0 unspecified atom stereocenters. The number of rotatable bonds is 5. The first-order chi connectivity index (χ1) is 14.1. The normalized spacial score (nSPS) is 14.1. The Morgan fingerprint density at radius 2 is 1.79 bits per heavy atom. The molecule has 0 aliphatic carbocycles. The van der Waals surface area contributed by atoms with E-state index in [-0.39, 0.29) is 5.91 Å². The van der Waals surface area contributed by atoms with Crippen molar-refractivity contribution in [1.82, 2.24) is 9.88 Å². The number of thiazole rings is 1. The van der Waals surface area contributed by atoms with E-state index in [1.807, 2.05) is 58.8 Å². The molecule has 5 nitrogen and oxygen atoms in total. The minimum absolute atomic E-state index is 0.111. The van der Waals surface area contributed by atoms with Gasteiger partial charge >= 0.3 is 0 Å². The van der Waals surface area contributed by atoms with Crippen LogP contribution in [0.1, 0.15) is 5.69 Å². The molecule has 1 aromatic heterocycles. The average Bonchev–Trinajstić information content (AvgIpc) is 3.15. The minimum Gasteiger partial charge on any atom is -0.368 e. The lowest BCUT2D eigenvalue weighted by atomic mass is 10.2. The summed E-state index contributed by atoms with van der Waals surface area (Å²) in [5.41, 5.74) is 2.80. The lowest BCUT2D eigenvalue weighted by Gasteiger charge is -2.36. The van der Waals surface area contributed by atoms with Gasteiger partial charge in [-0.2, -0.15) is 0 Å². The first kappa shape index (κ1) is 20.0. The van der Waals surface area contributed by atoms with Gasteiger partial charge in [0.1, 0.15) is 0 Å². The summed E-state index contributed by atoms with van der Waals surface area (Å²) in [7, 11) is 0. The highest BCUT2D eigenvalue weighted by atomic mass is 35.5. The van der Waals surface area contributed by atoms with Crippen molar-refractivity contribution in [2.45, 2.75) is 6.42 Å². The monoisotopic (exact) mass is 446 g/mol. The molecule has 1 amide bonds. The summed E-state index contributed by atoms with van der Waals surface area (Å²) in [5.74, 6) is 0.111. The molecule has 0 bridgehead atoms. The molecule has 3 aromatic rings. The third-order valence-electron chi connectivity index (χ3n) is 4.78. The van der Waals surface area contributed by atoms with E-state index in [1.54, 1.807) is 0 Å². The summed E-state index contributed by atoms with van der Waals surface area (Å²) < 4.78 is 0. The molecule has 2 aromatic carbocycles. The van der Waals surface area contributed by atoms with Gasteiger partial charge in [0.25, 0.3) is 0 Å². The van der Waals surface area contributed by atoms with Gasteiger partial charge in [-0.3, -0.25) is 4.79 Å². The summed E-state index contributed by atoms with van der Waals surface area (Å²) in [6.45, 7) is 3.04. The van der Waals surface area contributed by atoms with E-state index >= 15 is 0 Å². The Hall–Kier alpha value is -2.28. The molecule has 4 rings (SSSR count). The fourth-order valence-electron chi connectivity index (χ4n) is 3.27. The summed E-state index contributed by atoms with van der Waals surface area (Å²) in [4.78, 5) is 21.4. The van der Waals surface area contributed by atoms with Crippen LogP contribution < -0.4 is 10.2 Å². The quantitative estimate of drug-likeness (QED) is 0.593. The number of hydrogen-bond acceptors (Lipinski definition) is 5. The molecule has 150 valence electrons. The Morgan fingerprint density at radius 1 is 1.03 bits per heavy atom. The first-order valence-electron chi connectivity index (χ1n) is 9.32. The Kier molecular flexibility index (Phi) is 6.23. The number of halogens is 2. The number of carbonyl (C=O) groups is 1. The third-order valence-corrected chi connectivity index (χ3v) is 6.08. The largest absolute Gasteiger partial charge is 0.368 e. The van der Waals surface area contributed by atoms with E-state index in [4.69, 9.17) is 23.2 Å². The van der Waals surface area contributed by atoms with Gasteiger partial charge in [0, 0.05) is 53.0 Å². The fraction of sp³-hybridized carbons (Fsp3) is 0.238. The molecule has 0 atom stereocenters. The number of amides is 1. The molecule has 0 saturated carbocycles. The van der Waals surface area contributed by atoms with Gasteiger partial charge in [0.15, 0.2) is 5.13 Å². The predicted octanol–water partition coefficient (Wildman–Crippen LogP) is 5.08. The molecule has 1 aliphatic rings. The average molecular weight is 447 g/mol. The van der Waals surface area contributed by atoms with Crippen molar-refractivity contribution in [3.8, 4) is 0 Å². The molecule has 29 heavy (non-hydrogen) atoms. The predicted molar refractivity (Wildman–Crippen MR) is 121 cm³/mol. The Balaban J connectivity index is 1.30. The van der Waals surface area contributed by atoms with Crippen LogP contribution in [-0.2, 0) is 11.2 Å². The van der Waals surface area contributed by atoms with Crippen LogP contribution in [0.15, 0.2) is 53.9 Å². The van der Waals surface area contributed by atoms with Crippen LogP contribution in [-0.4, -0.2) is 42.0 Å². The number of nitrogens with zero attached hydrogens (tertiary/aromatic N) is 3. The van der Waals surface area contributed by atoms with Crippen LogP contribution in [0, 0.1) is 0 Å². The molecule has 1 saturated heterocycles. The lowest BCUT2D eigenvalue weighted by Crippen LogP contribution is -2.49. The van der Waals surface area contributed by atoms with Gasteiger partial charge < -0.3 is 15.1 Å². The lowest BCUT2D eigenvalue weighted by molar-refractivity contribution is -0.130. The van der Waals surface area contributed by atoms with Crippen molar-refractivity contribution in [3.63, 3.8) is 0 Å². The van der Waals surface area contributed by atoms with Gasteiger partial charge in [-0.25, -0.2) is 4.98 Å². The number of hydrogen-bond donors (Lipinski definition) is 1. The van der Waals surface area contributed by atoms with Gasteiger partial charge in [-0.15, -0.1) is 11.3 Å². The minimum atomic E-state index is 0.111. The van der Waals surface area contributed by atoms with Crippen molar-refractivity contribution >= 4 is 57.0 Å². The summed E-state index contributed by atoms with van der Waals surface area (Å²) in [6.07, 6.45) is 0.314. The number of anilines is 3. The fourth-order valence-corrected chi connectivity index (χ4v) is 4.31. The molecule has 1 aliphatic heterocycles. The van der Waals surface area contributed by atoms with Crippen molar-refractivity contribution in [2.75, 3.05) is 36.4 Å². The zero-order chi connectivity index (χ0) is 20.2. The number of piperazine rings is 1. The number of aromatic nitrogens is 1. The maximum Gasteiger partial charge on any atom is 0.228 e. The van der Waals surface area contributed by atoms with E-state index in [0.29, 0.717) is 24.5 Å². The van der Waals surface area contributed by atoms with Crippen molar-refractivity contribution in [3.05, 3.63) is 69.7 Å². The number of carbonyl (C=O) groups excluding carboxylic acids is 1. The molecule has 2 heterocycles. The van der Waals surface area contributed by atoms with E-state index in [1.165, 1.54) is 11.3 Å². The molecule has 0 spiro atoms. The van der Waals surface area contributed by atoms with Gasteiger partial charge in [-0.05, 0) is 42.5 Å². The van der Waals surface area contributed by atoms with Gasteiger partial charge in [0.05, 0.1) is 12.1 Å². The summed E-state index contributed by atoms with van der Waals surface area (Å²) >= 11 is 13.5. The van der Waals surface area contributed by atoms with Crippen LogP contribution in [0.2, 0.25) is 10.0 Å². The van der Waals surface area contributed by atoms with Crippen molar-refractivity contribution in [1.29, 1.82) is 0 Å². The SMILES string of the molecule is O=C(Cc1csc(Nc2cccc(Cl)c2)n1)N1CCN(c2ccc(Cl)cc2)CC1. The second-order valence-corrected chi connectivity index (χ2v) is 8.53. The Labute approximate surface area is 183 Å². The highest BCUT2D eigenvalue weighted by molar-refractivity contribution is 7.13. The summed E-state index contributed by atoms with van der Waals surface area (Å²) in [5, 5.41) is 7.30. The Bertz CT molecular complexity index is 984. The number of nitrogens with one attached hydrogen (secondary N) is 1. The van der Waals surface area contributed by atoms with Crippen molar-refractivity contribution in [2.24, 2.45) is 0 Å². The van der Waals surface area contributed by atoms with Crippen LogP contribution >= 0.6 is 34.5 Å². The zero-order valence-corrected chi connectivity index (χ0v) is 18.0. The van der Waals surface area contributed by atoms with E-state index < -0.39 is 0 Å². The molecule has 1 N–H and O–H groups in total. The first-order valence-corrected chi connectivity index (χ1v) is 11.0. The smallest absolute Gasteiger partial charge is 0.228 e. The van der Waals surface area contributed by atoms with Crippen LogP contribution in [0.3, 0.4) is 0 Å². The maximum absolute atomic E-state index is 12.7. The second kappa shape index (κ2) is 9.03. The molecular weight excluding hydrogens is 427 g/mol. The van der Waals surface area contributed by atoms with Crippen molar-refractivity contribution < 1.29 is 4.79 Å². The standard InChI is InChI=1S/C21H20Cl2N4OS/c22-15-4-6-19(7-5-15)26-8-10-27(11-9-26)20(28)13-18-14-29-21(25-18)24-17-3-1-2-16(23)12-17/h1-7,12,14H,8-11,13H2,(H,24,25). The van der Waals surface area contributed by atoms with E-state index in [9.17, 15) is 4.79 Å². The van der Waals surface area contributed by atoms with E-state index in [2.05, 4.69) is 15.2 Å². The zero-order valence-electron chi connectivity index (χ0n) is 15.6. The second-order valence-electron chi connectivity index (χ2n) is 6.80. The molecular formula is C21H20Cl2N4OS. The summed E-state index contributed by atoms with van der Waals surface area (Å²) in [6, 6.07) is 15.3. The van der Waals surface area contributed by atoms with Crippen LogP contribution in [0.4, 0.5) is 16.5 Å². The van der Waals surface area contributed by atoms with Crippen LogP contribution in [0.5, 0.6) is 0 Å². The van der Waals surface area contributed by atoms with Crippen LogP contribution in [0.25, 0.3) is 0 Å². The Morgan fingerprint density at radius 3 is 2.52 bits per heavy atom. The maximum atomic E-state index is 12.7.